The van der Waals surface area contributed by atoms with Gasteiger partial charge in [-0.1, -0.05) is 0 Å². The number of likely N-dealkylation sites (tertiary alicyclic amines) is 1. The SMILES string of the molecule is Cc1cc(N(C)C[C@@H]2C[C@H](F)CN2Cc2nccs2)ncn1. The smallest absolute Gasteiger partial charge is 0.131 e. The van der Waals surface area contributed by atoms with E-state index in [1.165, 1.54) is 0 Å². The van der Waals surface area contributed by atoms with Crippen molar-refractivity contribution < 1.29 is 4.39 Å². The summed E-state index contributed by atoms with van der Waals surface area (Å²) in [7, 11) is 1.99. The van der Waals surface area contributed by atoms with Crippen LogP contribution in [0.15, 0.2) is 24.0 Å². The molecule has 0 radical (unpaired) electrons. The van der Waals surface area contributed by atoms with E-state index in [2.05, 4.69) is 24.8 Å². The molecule has 0 N–H and O–H groups in total. The van der Waals surface area contributed by atoms with Gasteiger partial charge >= 0.3 is 0 Å². The molecule has 1 saturated heterocycles. The molecule has 2 aromatic rings. The molecule has 22 heavy (non-hydrogen) atoms. The standard InChI is InChI=1S/C15H20FN5S/c1-11-5-14(19-10-18-11)20(2)8-13-6-12(16)7-21(13)9-15-17-3-4-22-15/h3-5,10,12-13H,6-9H2,1-2H3/t12-,13-/m0/s1. The highest BCUT2D eigenvalue weighted by atomic mass is 32.1. The van der Waals surface area contributed by atoms with E-state index in [0.717, 1.165) is 29.6 Å². The monoisotopic (exact) mass is 321 g/mol. The Morgan fingerprint density at radius 2 is 2.27 bits per heavy atom. The largest absolute Gasteiger partial charge is 0.358 e. The summed E-state index contributed by atoms with van der Waals surface area (Å²) in [5, 5.41) is 3.00. The summed E-state index contributed by atoms with van der Waals surface area (Å²) in [6.45, 7) is 3.91. The highest BCUT2D eigenvalue weighted by Gasteiger charge is 2.33. The zero-order valence-corrected chi connectivity index (χ0v) is 13.6. The first kappa shape index (κ1) is 15.3. The predicted molar refractivity (Wildman–Crippen MR) is 85.9 cm³/mol. The van der Waals surface area contributed by atoms with Crippen molar-refractivity contribution in [3.63, 3.8) is 0 Å². The number of aryl methyl sites for hydroxylation is 1. The third-order valence-corrected chi connectivity index (χ3v) is 4.73. The number of nitrogens with zero attached hydrogens (tertiary/aromatic N) is 5. The van der Waals surface area contributed by atoms with Gasteiger partial charge in [0.1, 0.15) is 23.3 Å². The van der Waals surface area contributed by atoms with Gasteiger partial charge in [0.2, 0.25) is 0 Å². The Morgan fingerprint density at radius 3 is 3.00 bits per heavy atom. The number of hydrogen-bond acceptors (Lipinski definition) is 6. The Bertz CT molecular complexity index is 606. The van der Waals surface area contributed by atoms with E-state index in [1.54, 1.807) is 23.9 Å². The van der Waals surface area contributed by atoms with Gasteiger partial charge < -0.3 is 4.90 Å². The lowest BCUT2D eigenvalue weighted by molar-refractivity contribution is 0.237. The molecule has 0 saturated carbocycles. The molecule has 7 heteroatoms. The van der Waals surface area contributed by atoms with Crippen molar-refractivity contribution in [2.24, 2.45) is 0 Å². The molecule has 0 aliphatic carbocycles. The quantitative estimate of drug-likeness (QED) is 0.845. The Balaban J connectivity index is 1.66. The average molecular weight is 321 g/mol. The van der Waals surface area contributed by atoms with Crippen LogP contribution in [0.25, 0.3) is 0 Å². The lowest BCUT2D eigenvalue weighted by Gasteiger charge is -2.28. The van der Waals surface area contributed by atoms with E-state index >= 15 is 0 Å². The van der Waals surface area contributed by atoms with Gasteiger partial charge in [0.15, 0.2) is 0 Å². The zero-order chi connectivity index (χ0) is 15.5. The van der Waals surface area contributed by atoms with Crippen molar-refractivity contribution >= 4 is 17.2 Å². The number of anilines is 1. The van der Waals surface area contributed by atoms with Crippen LogP contribution < -0.4 is 4.90 Å². The second-order valence-electron chi connectivity index (χ2n) is 5.74. The highest BCUT2D eigenvalue weighted by molar-refractivity contribution is 7.09. The third kappa shape index (κ3) is 3.59. The van der Waals surface area contributed by atoms with Crippen LogP contribution in [0.4, 0.5) is 10.2 Å². The Hall–Kier alpha value is -1.60. The van der Waals surface area contributed by atoms with Crippen LogP contribution >= 0.6 is 11.3 Å². The summed E-state index contributed by atoms with van der Waals surface area (Å²) < 4.78 is 13.9. The minimum absolute atomic E-state index is 0.180. The topological polar surface area (TPSA) is 45.2 Å². The molecule has 0 bridgehead atoms. The summed E-state index contributed by atoms with van der Waals surface area (Å²) in [5.41, 5.74) is 0.936. The first-order valence-electron chi connectivity index (χ1n) is 7.38. The van der Waals surface area contributed by atoms with Crippen molar-refractivity contribution in [3.8, 4) is 0 Å². The molecule has 2 aromatic heterocycles. The molecule has 0 unspecified atom stereocenters. The van der Waals surface area contributed by atoms with E-state index in [0.29, 0.717) is 13.0 Å². The molecule has 0 spiro atoms. The summed E-state index contributed by atoms with van der Waals surface area (Å²) in [4.78, 5) is 17.0. The molecule has 0 amide bonds. The number of alkyl halides is 1. The fraction of sp³-hybridized carbons (Fsp3) is 0.533. The van der Waals surface area contributed by atoms with Gasteiger partial charge in [-0.05, 0) is 13.3 Å². The van der Waals surface area contributed by atoms with Crippen molar-refractivity contribution in [2.75, 3.05) is 25.0 Å². The molecule has 3 heterocycles. The second-order valence-corrected chi connectivity index (χ2v) is 6.72. The maximum Gasteiger partial charge on any atom is 0.131 e. The Morgan fingerprint density at radius 1 is 1.41 bits per heavy atom. The normalized spacial score (nSPS) is 22.1. The molecule has 5 nitrogen and oxygen atoms in total. The maximum absolute atomic E-state index is 13.9. The first-order chi connectivity index (χ1) is 10.6. The summed E-state index contributed by atoms with van der Waals surface area (Å²) >= 11 is 1.62. The van der Waals surface area contributed by atoms with E-state index in [1.807, 2.05) is 25.4 Å². The number of thiazole rings is 1. The van der Waals surface area contributed by atoms with Crippen LogP contribution in [-0.4, -0.2) is 52.2 Å². The van der Waals surface area contributed by atoms with Crippen molar-refractivity contribution in [2.45, 2.75) is 32.1 Å². The number of rotatable bonds is 5. The minimum atomic E-state index is -0.759. The summed E-state index contributed by atoms with van der Waals surface area (Å²) in [5.74, 6) is 0.879. The number of likely N-dealkylation sites (N-methyl/N-ethyl adjacent to an activating group) is 1. The third-order valence-electron chi connectivity index (χ3n) is 3.96. The van der Waals surface area contributed by atoms with Crippen LogP contribution in [0.2, 0.25) is 0 Å². The second kappa shape index (κ2) is 6.66. The van der Waals surface area contributed by atoms with Gasteiger partial charge in [0.05, 0.1) is 6.54 Å². The Labute approximate surface area is 133 Å². The predicted octanol–water partition coefficient (Wildman–Crippen LogP) is 2.29. The van der Waals surface area contributed by atoms with Crippen LogP contribution in [0.5, 0.6) is 0 Å². The molecular weight excluding hydrogens is 301 g/mol. The van der Waals surface area contributed by atoms with E-state index in [9.17, 15) is 4.39 Å². The van der Waals surface area contributed by atoms with Crippen LogP contribution in [0, 0.1) is 6.92 Å². The van der Waals surface area contributed by atoms with E-state index in [4.69, 9.17) is 0 Å². The van der Waals surface area contributed by atoms with Crippen molar-refractivity contribution in [1.82, 2.24) is 19.9 Å². The fourth-order valence-electron chi connectivity index (χ4n) is 2.87. The first-order valence-corrected chi connectivity index (χ1v) is 8.26. The molecular formula is C15H20FN5S. The molecule has 3 rings (SSSR count). The Kier molecular flexibility index (Phi) is 4.63. The van der Waals surface area contributed by atoms with Crippen molar-refractivity contribution in [3.05, 3.63) is 34.7 Å². The van der Waals surface area contributed by atoms with E-state index in [-0.39, 0.29) is 6.04 Å². The lowest BCUT2D eigenvalue weighted by Crippen LogP contribution is -2.38. The molecule has 118 valence electrons. The van der Waals surface area contributed by atoms with Gasteiger partial charge in [0.25, 0.3) is 0 Å². The van der Waals surface area contributed by atoms with Gasteiger partial charge in [-0.15, -0.1) is 11.3 Å². The molecule has 2 atom stereocenters. The average Bonchev–Trinajstić information content (AvgIpc) is 3.10. The van der Waals surface area contributed by atoms with Gasteiger partial charge in [-0.3, -0.25) is 4.90 Å². The molecule has 1 aliphatic heterocycles. The molecule has 1 fully saturated rings. The van der Waals surface area contributed by atoms with Gasteiger partial charge in [-0.2, -0.15) is 0 Å². The number of aromatic nitrogens is 3. The summed E-state index contributed by atoms with van der Waals surface area (Å²) in [6, 6.07) is 2.13. The maximum atomic E-state index is 13.9. The number of halogens is 1. The van der Waals surface area contributed by atoms with Crippen LogP contribution in [0.3, 0.4) is 0 Å². The van der Waals surface area contributed by atoms with Gasteiger partial charge in [-0.25, -0.2) is 19.3 Å². The van der Waals surface area contributed by atoms with Gasteiger partial charge in [0, 0.05) is 49.5 Å². The number of hydrogen-bond donors (Lipinski definition) is 0. The minimum Gasteiger partial charge on any atom is -0.358 e. The fourth-order valence-corrected chi connectivity index (χ4v) is 3.51. The summed E-state index contributed by atoms with van der Waals surface area (Å²) in [6.07, 6.45) is 3.18. The molecule has 1 aliphatic rings. The lowest BCUT2D eigenvalue weighted by atomic mass is 10.2. The van der Waals surface area contributed by atoms with Crippen LogP contribution in [-0.2, 0) is 6.54 Å². The highest BCUT2D eigenvalue weighted by Crippen LogP contribution is 2.25. The van der Waals surface area contributed by atoms with Crippen molar-refractivity contribution in [1.29, 1.82) is 0 Å². The van der Waals surface area contributed by atoms with E-state index < -0.39 is 6.17 Å². The zero-order valence-electron chi connectivity index (χ0n) is 12.8. The molecule has 0 aromatic carbocycles. The van der Waals surface area contributed by atoms with Crippen LogP contribution in [0.1, 0.15) is 17.1 Å².